The number of benzene rings is 2. The van der Waals surface area contributed by atoms with Crippen LogP contribution in [0.4, 0.5) is 22.0 Å². The summed E-state index contributed by atoms with van der Waals surface area (Å²) in [4.78, 5) is 34.6. The van der Waals surface area contributed by atoms with Gasteiger partial charge in [-0.15, -0.1) is 0 Å². The highest BCUT2D eigenvalue weighted by Crippen LogP contribution is 2.24. The molecular weight excluding hydrogens is 424 g/mol. The molecule has 0 saturated heterocycles. The van der Waals surface area contributed by atoms with Gasteiger partial charge in [0.15, 0.2) is 0 Å². The number of rotatable bonds is 5. The SMILES string of the molecule is CC(=O)Nc1ccc(N(Cc2ccsc2)C(=O)Nc2nc(C#N)nc3ccccc23)cc1. The van der Waals surface area contributed by atoms with Crippen molar-refractivity contribution >= 4 is 51.4 Å². The van der Waals surface area contributed by atoms with Gasteiger partial charge in [-0.3, -0.25) is 15.0 Å². The molecule has 0 aliphatic rings. The number of para-hydroxylation sites is 1. The van der Waals surface area contributed by atoms with Crippen LogP contribution >= 0.6 is 11.3 Å². The van der Waals surface area contributed by atoms with E-state index in [1.54, 1.807) is 52.6 Å². The van der Waals surface area contributed by atoms with E-state index in [9.17, 15) is 14.9 Å². The number of carbonyl (C=O) groups excluding carboxylic acids is 2. The number of nitrogens with zero attached hydrogens (tertiary/aromatic N) is 4. The third-order valence-electron chi connectivity index (χ3n) is 4.59. The van der Waals surface area contributed by atoms with Gasteiger partial charge >= 0.3 is 6.03 Å². The topological polar surface area (TPSA) is 111 Å². The Labute approximate surface area is 188 Å². The van der Waals surface area contributed by atoms with E-state index in [0.717, 1.165) is 5.56 Å². The van der Waals surface area contributed by atoms with Gasteiger partial charge in [-0.25, -0.2) is 14.8 Å². The number of amides is 3. The molecule has 32 heavy (non-hydrogen) atoms. The predicted molar refractivity (Wildman–Crippen MR) is 125 cm³/mol. The molecule has 4 rings (SSSR count). The fourth-order valence-electron chi connectivity index (χ4n) is 3.16. The van der Waals surface area contributed by atoms with E-state index >= 15 is 0 Å². The number of aromatic nitrogens is 2. The lowest BCUT2D eigenvalue weighted by atomic mass is 10.2. The molecule has 0 unspecified atom stereocenters. The molecule has 2 aromatic heterocycles. The summed E-state index contributed by atoms with van der Waals surface area (Å²) in [7, 11) is 0. The van der Waals surface area contributed by atoms with Gasteiger partial charge in [-0.1, -0.05) is 12.1 Å². The van der Waals surface area contributed by atoms with Crippen molar-refractivity contribution < 1.29 is 9.59 Å². The Morgan fingerprint density at radius 1 is 1.06 bits per heavy atom. The number of nitriles is 1. The predicted octanol–water partition coefficient (Wildman–Crippen LogP) is 4.76. The molecular formula is C23H18N6O2S. The maximum atomic E-state index is 13.4. The second-order valence-electron chi connectivity index (χ2n) is 6.90. The fraction of sp³-hybridized carbons (Fsp3) is 0.0870. The first-order valence-corrected chi connectivity index (χ1v) is 10.6. The van der Waals surface area contributed by atoms with Crippen LogP contribution in [0.1, 0.15) is 18.3 Å². The molecule has 0 saturated carbocycles. The molecule has 4 aromatic rings. The quantitative estimate of drug-likeness (QED) is 0.463. The molecule has 9 heteroatoms. The van der Waals surface area contributed by atoms with Crippen LogP contribution in [0, 0.1) is 11.3 Å². The molecule has 0 aliphatic carbocycles. The van der Waals surface area contributed by atoms with Crippen molar-refractivity contribution in [1.29, 1.82) is 5.26 Å². The number of fused-ring (bicyclic) bond motifs is 1. The van der Waals surface area contributed by atoms with Crippen molar-refractivity contribution in [2.75, 3.05) is 15.5 Å². The van der Waals surface area contributed by atoms with Crippen molar-refractivity contribution in [3.63, 3.8) is 0 Å². The molecule has 3 amide bonds. The minimum atomic E-state index is -0.406. The van der Waals surface area contributed by atoms with Gasteiger partial charge < -0.3 is 5.32 Å². The van der Waals surface area contributed by atoms with Crippen molar-refractivity contribution in [3.8, 4) is 6.07 Å². The van der Waals surface area contributed by atoms with E-state index in [-0.39, 0.29) is 17.5 Å². The standard InChI is InChI=1S/C23H18N6O2S/c1-15(30)25-17-6-8-18(9-7-17)29(13-16-10-11-32-14-16)23(31)28-22-19-4-2-3-5-20(19)26-21(12-24)27-22/h2-11,14H,13H2,1H3,(H,25,30)(H,26,27,28,31). The summed E-state index contributed by atoms with van der Waals surface area (Å²) in [5.74, 6) is 0.0694. The number of urea groups is 1. The lowest BCUT2D eigenvalue weighted by molar-refractivity contribution is -0.114. The Balaban J connectivity index is 1.67. The average molecular weight is 443 g/mol. The van der Waals surface area contributed by atoms with Crippen LogP contribution in [0.2, 0.25) is 0 Å². The highest BCUT2D eigenvalue weighted by Gasteiger charge is 2.19. The van der Waals surface area contributed by atoms with Crippen molar-refractivity contribution in [3.05, 3.63) is 76.7 Å². The fourth-order valence-corrected chi connectivity index (χ4v) is 3.82. The maximum absolute atomic E-state index is 13.4. The van der Waals surface area contributed by atoms with Gasteiger partial charge in [-0.2, -0.15) is 16.6 Å². The minimum absolute atomic E-state index is 0.0250. The summed E-state index contributed by atoms with van der Waals surface area (Å²) in [5.41, 5.74) is 2.82. The van der Waals surface area contributed by atoms with E-state index in [0.29, 0.717) is 28.8 Å². The minimum Gasteiger partial charge on any atom is -0.326 e. The van der Waals surface area contributed by atoms with E-state index in [1.165, 1.54) is 6.92 Å². The summed E-state index contributed by atoms with van der Waals surface area (Å²) < 4.78 is 0. The molecule has 0 aliphatic heterocycles. The first-order valence-electron chi connectivity index (χ1n) is 9.67. The van der Waals surface area contributed by atoms with E-state index < -0.39 is 6.03 Å². The summed E-state index contributed by atoms with van der Waals surface area (Å²) in [6.07, 6.45) is 0. The second kappa shape index (κ2) is 9.24. The Kier molecular flexibility index (Phi) is 6.05. The van der Waals surface area contributed by atoms with Crippen LogP contribution in [-0.2, 0) is 11.3 Å². The lowest BCUT2D eigenvalue weighted by Gasteiger charge is -2.23. The van der Waals surface area contributed by atoms with Gasteiger partial charge in [0.25, 0.3) is 0 Å². The van der Waals surface area contributed by atoms with E-state index in [2.05, 4.69) is 20.6 Å². The molecule has 2 N–H and O–H groups in total. The molecule has 0 atom stereocenters. The van der Waals surface area contributed by atoms with Gasteiger partial charge in [0.05, 0.1) is 12.1 Å². The second-order valence-corrected chi connectivity index (χ2v) is 7.68. The van der Waals surface area contributed by atoms with Crippen LogP contribution in [0.25, 0.3) is 10.9 Å². The van der Waals surface area contributed by atoms with Gasteiger partial charge in [0.1, 0.15) is 11.9 Å². The van der Waals surface area contributed by atoms with Crippen LogP contribution < -0.4 is 15.5 Å². The zero-order chi connectivity index (χ0) is 22.5. The third-order valence-corrected chi connectivity index (χ3v) is 5.33. The number of carbonyl (C=O) groups is 2. The smallest absolute Gasteiger partial charge is 0.326 e. The lowest BCUT2D eigenvalue weighted by Crippen LogP contribution is -2.34. The van der Waals surface area contributed by atoms with E-state index in [1.807, 2.05) is 35.0 Å². The van der Waals surface area contributed by atoms with E-state index in [4.69, 9.17) is 0 Å². The van der Waals surface area contributed by atoms with Crippen LogP contribution in [0.3, 0.4) is 0 Å². The normalized spacial score (nSPS) is 10.4. The Hall–Kier alpha value is -4.29. The number of anilines is 3. The molecule has 0 bridgehead atoms. The zero-order valence-electron chi connectivity index (χ0n) is 17.1. The average Bonchev–Trinajstić information content (AvgIpc) is 3.31. The first kappa shape index (κ1) is 21.0. The number of thiophene rings is 1. The highest BCUT2D eigenvalue weighted by molar-refractivity contribution is 7.07. The summed E-state index contributed by atoms with van der Waals surface area (Å²) in [5, 5.41) is 19.4. The Morgan fingerprint density at radius 3 is 2.53 bits per heavy atom. The highest BCUT2D eigenvalue weighted by atomic mass is 32.1. The summed E-state index contributed by atoms with van der Waals surface area (Å²) >= 11 is 1.55. The zero-order valence-corrected chi connectivity index (χ0v) is 17.9. The Bertz CT molecular complexity index is 1310. The monoisotopic (exact) mass is 442 g/mol. The maximum Gasteiger partial charge on any atom is 0.327 e. The van der Waals surface area contributed by atoms with Crippen molar-refractivity contribution in [2.45, 2.75) is 13.5 Å². The molecule has 2 aromatic carbocycles. The molecule has 0 radical (unpaired) electrons. The van der Waals surface area contributed by atoms with Gasteiger partial charge in [0, 0.05) is 23.7 Å². The van der Waals surface area contributed by atoms with Crippen LogP contribution in [0.15, 0.2) is 65.4 Å². The van der Waals surface area contributed by atoms with Gasteiger partial charge in [-0.05, 0) is 58.8 Å². The van der Waals surface area contributed by atoms with Crippen LogP contribution in [-0.4, -0.2) is 21.9 Å². The van der Waals surface area contributed by atoms with Gasteiger partial charge in [0.2, 0.25) is 11.7 Å². The summed E-state index contributed by atoms with van der Waals surface area (Å²) in [6.45, 7) is 1.77. The molecule has 158 valence electrons. The van der Waals surface area contributed by atoms with Crippen molar-refractivity contribution in [2.24, 2.45) is 0 Å². The largest absolute Gasteiger partial charge is 0.327 e. The number of nitrogens with one attached hydrogen (secondary N) is 2. The molecule has 0 spiro atoms. The molecule has 8 nitrogen and oxygen atoms in total. The summed E-state index contributed by atoms with van der Waals surface area (Å²) in [6, 6.07) is 17.6. The molecule has 0 fully saturated rings. The first-order chi connectivity index (χ1) is 15.5. The van der Waals surface area contributed by atoms with Crippen molar-refractivity contribution in [1.82, 2.24) is 9.97 Å². The third kappa shape index (κ3) is 4.71. The molecule has 2 heterocycles. The Morgan fingerprint density at radius 2 is 1.84 bits per heavy atom. The van der Waals surface area contributed by atoms with Crippen LogP contribution in [0.5, 0.6) is 0 Å². The number of hydrogen-bond acceptors (Lipinski definition) is 6. The number of hydrogen-bond donors (Lipinski definition) is 2.